The van der Waals surface area contributed by atoms with Crippen molar-refractivity contribution in [3.05, 3.63) is 0 Å². The minimum absolute atomic E-state index is 0. The Labute approximate surface area is 323 Å². The number of alkyl halides is 2. The summed E-state index contributed by atoms with van der Waals surface area (Å²) >= 11 is 2.94. The van der Waals surface area contributed by atoms with E-state index in [1.807, 2.05) is 0 Å². The molecule has 2 unspecified atom stereocenters. The van der Waals surface area contributed by atoms with E-state index >= 15 is 0 Å². The third-order valence-corrected chi connectivity index (χ3v) is 16.0. The van der Waals surface area contributed by atoms with E-state index in [4.69, 9.17) is 26.2 Å². The molecule has 44 heavy (non-hydrogen) atoms. The second kappa shape index (κ2) is 36.0. The molecule has 9 nitrogen and oxygen atoms in total. The molecule has 2 aliphatic carbocycles. The molecule has 2 atom stereocenters. The maximum absolute atomic E-state index is 11.3. The van der Waals surface area contributed by atoms with Crippen molar-refractivity contribution in [2.45, 2.75) is 109 Å². The summed E-state index contributed by atoms with van der Waals surface area (Å²) in [6.45, 7) is 16.1. The second-order valence-corrected chi connectivity index (χ2v) is 22.0. The summed E-state index contributed by atoms with van der Waals surface area (Å²) < 4.78 is 24.9. The number of halogens is 3. The van der Waals surface area contributed by atoms with Crippen LogP contribution in [0.3, 0.4) is 0 Å². The molecule has 0 radical (unpaired) electrons. The molecule has 0 aromatic rings. The first kappa shape index (κ1) is 56.5. The Bertz CT molecular complexity index is 867. The van der Waals surface area contributed by atoms with Crippen LogP contribution >= 0.6 is 15.9 Å². The van der Waals surface area contributed by atoms with Crippen LogP contribution in [0.4, 0.5) is 4.39 Å². The summed E-state index contributed by atoms with van der Waals surface area (Å²) in [6, 6.07) is 6.85. The van der Waals surface area contributed by atoms with Gasteiger partial charge in [-0.15, -0.1) is 0 Å². The van der Waals surface area contributed by atoms with Crippen LogP contribution < -0.4 is 65.4 Å². The van der Waals surface area contributed by atoms with Crippen molar-refractivity contribution >= 4 is 50.2 Å². The van der Waals surface area contributed by atoms with Gasteiger partial charge in [-0.1, -0.05) is 74.7 Å². The maximum atomic E-state index is 11.3. The first-order valence-electron chi connectivity index (χ1n) is 14.4. The second-order valence-electron chi connectivity index (χ2n) is 11.0. The molecule has 0 amide bonds. The summed E-state index contributed by atoms with van der Waals surface area (Å²) in [6.07, 6.45) is 7.11. The van der Waals surface area contributed by atoms with Crippen molar-refractivity contribution in [2.75, 3.05) is 25.7 Å². The molecule has 0 aromatic carbocycles. The molecule has 0 aromatic heterocycles. The van der Waals surface area contributed by atoms with Crippen LogP contribution in [0.2, 0.25) is 49.4 Å². The molecule has 248 valence electrons. The van der Waals surface area contributed by atoms with Crippen LogP contribution in [0, 0.1) is 34.5 Å². The molecule has 16 heteroatoms. The van der Waals surface area contributed by atoms with Gasteiger partial charge in [-0.05, 0) is 43.4 Å². The van der Waals surface area contributed by atoms with Crippen molar-refractivity contribution in [1.82, 2.24) is 0 Å². The van der Waals surface area contributed by atoms with E-state index in [-0.39, 0.29) is 103 Å². The van der Waals surface area contributed by atoms with E-state index in [1.165, 1.54) is 31.7 Å². The van der Waals surface area contributed by atoms with Gasteiger partial charge >= 0.3 is 66.5 Å². The summed E-state index contributed by atoms with van der Waals surface area (Å²) in [5.74, 6) is -0.231. The van der Waals surface area contributed by atoms with Gasteiger partial charge in [0.15, 0.2) is 0 Å². The Morgan fingerprint density at radius 1 is 0.932 bits per heavy atom. The van der Waals surface area contributed by atoms with Gasteiger partial charge in [0.2, 0.25) is 0 Å². The average molecular weight is 796 g/mol. The molecular weight excluding hydrogens is 741 g/mol. The van der Waals surface area contributed by atoms with Crippen LogP contribution in [0.25, 0.3) is 0 Å². The number of esters is 2. The van der Waals surface area contributed by atoms with Crippen molar-refractivity contribution in [1.29, 1.82) is 10.5 Å². The van der Waals surface area contributed by atoms with Crippen LogP contribution in [0.1, 0.15) is 62.1 Å². The number of nitrogens with zero attached hydrogens (tertiary/aromatic N) is 2. The van der Waals surface area contributed by atoms with Crippen molar-refractivity contribution in [3.63, 3.8) is 0 Å². The summed E-state index contributed by atoms with van der Waals surface area (Å²) in [5, 5.41) is 18.2. The van der Waals surface area contributed by atoms with E-state index in [1.54, 1.807) is 13.8 Å². The number of carbonyl (C=O) groups is 2. The van der Waals surface area contributed by atoms with Crippen LogP contribution in [0.5, 0.6) is 0 Å². The number of hydrogen-bond acceptors (Lipinski definition) is 8. The third-order valence-electron chi connectivity index (χ3n) is 6.90. The maximum Gasteiger partial charge on any atom is 1.00 e. The van der Waals surface area contributed by atoms with E-state index in [0.29, 0.717) is 24.5 Å². The third kappa shape index (κ3) is 33.5. The zero-order valence-corrected chi connectivity index (χ0v) is 35.4. The van der Waals surface area contributed by atoms with Crippen LogP contribution in [0.15, 0.2) is 0 Å². The molecule has 2 N–H and O–H groups in total. The SMILES string of the molecule is CCC(C#N)C[Si](C)(C)C1CC1.CCOC(=O)CBr.CCOC(=O)CC(C#N)C[Si](C)(C)C1CC1.O.O=C=O.[2H]CF.[Br-].[H-].[Li+].[Na+]. The van der Waals surface area contributed by atoms with Gasteiger partial charge in [-0.2, -0.15) is 20.1 Å². The zero-order valence-electron chi connectivity index (χ0n) is 30.3. The molecule has 2 aliphatic rings. The Balaban J connectivity index is -0.0000000718. The van der Waals surface area contributed by atoms with E-state index in [2.05, 4.69) is 65.9 Å². The van der Waals surface area contributed by atoms with Gasteiger partial charge in [0, 0.05) is 5.92 Å². The smallest absolute Gasteiger partial charge is 1.00 e. The molecule has 2 fully saturated rings. The summed E-state index contributed by atoms with van der Waals surface area (Å²) in [7, 11) is -3.27. The van der Waals surface area contributed by atoms with Crippen molar-refractivity contribution in [3.8, 4) is 12.1 Å². The average Bonchev–Trinajstić information content (AvgIpc) is 3.80. The molecule has 0 aliphatic heterocycles. The molecule has 0 bridgehead atoms. The van der Waals surface area contributed by atoms with Gasteiger partial charge in [-0.3, -0.25) is 14.0 Å². The topological polar surface area (TPSA) is 166 Å². The minimum Gasteiger partial charge on any atom is -1.00 e. The zero-order chi connectivity index (χ0) is 32.5. The predicted octanol–water partition coefficient (Wildman–Crippen LogP) is -2.39. The fourth-order valence-electron chi connectivity index (χ4n) is 4.40. The van der Waals surface area contributed by atoms with E-state index < -0.39 is 23.3 Å². The predicted molar refractivity (Wildman–Crippen MR) is 167 cm³/mol. The normalized spacial score (nSPS) is 13.8. The van der Waals surface area contributed by atoms with Crippen molar-refractivity contribution in [2.24, 2.45) is 11.8 Å². The Morgan fingerprint density at radius 2 is 1.25 bits per heavy atom. The van der Waals surface area contributed by atoms with Crippen LogP contribution in [-0.2, 0) is 28.7 Å². The molecular formula is C28H53Br2FLiN2NaO7Si2. The first-order chi connectivity index (χ1) is 19.2. The fourth-order valence-corrected chi connectivity index (χ4v) is 11.8. The van der Waals surface area contributed by atoms with E-state index in [9.17, 15) is 14.0 Å². The number of hydrogen-bond donors (Lipinski definition) is 0. The van der Waals surface area contributed by atoms with Crippen molar-refractivity contribution < 1.29 is 107 Å². The number of nitriles is 2. The van der Waals surface area contributed by atoms with Gasteiger partial charge in [0.05, 0.1) is 62.4 Å². The molecule has 0 spiro atoms. The molecule has 0 heterocycles. The quantitative estimate of drug-likeness (QED) is 0.120. The Kier molecular flexibility index (Phi) is 46.3. The first-order valence-corrected chi connectivity index (χ1v) is 21.4. The number of carbonyl (C=O) groups excluding carboxylic acids is 4. The standard InChI is InChI=1S/C12H21NO2Si.C10H19NSi.C4H7BrO2.CH3F.CO2.BrH.Li.Na.H2O.H/c1-4-15-12(14)7-10(8-13)9-16(2,3)11-5-6-11;1-4-9(7-11)8-12(2,3)10-5-6-10;1-2-7-4(6)3-5;1-2;2-1-3;;;;;/h10-11H,4-7,9H2,1-3H3;9-10H,4-6,8H2,1-3H3;2-3H2,1H3;1H3;;1H;;;1H2;/q;;;;;;2*+1;;-1/p-1/i;;;1D;;;;;;. The number of rotatable bonds is 12. The minimum atomic E-state index is -1.27. The van der Waals surface area contributed by atoms with Gasteiger partial charge in [0.25, 0.3) is 0 Å². The summed E-state index contributed by atoms with van der Waals surface area (Å²) in [5.41, 5.74) is 1.92. The van der Waals surface area contributed by atoms with Crippen LogP contribution in [-0.4, -0.2) is 65.4 Å². The molecule has 0 saturated heterocycles. The Morgan fingerprint density at radius 3 is 1.48 bits per heavy atom. The van der Waals surface area contributed by atoms with Gasteiger partial charge in [0.1, 0.15) is 5.33 Å². The molecule has 2 rings (SSSR count). The number of ether oxygens (including phenoxy) is 2. The Hall–Kier alpha value is 0.181. The molecule has 2 saturated carbocycles. The monoisotopic (exact) mass is 793 g/mol. The fraction of sp³-hybridized carbons (Fsp3) is 0.821. The van der Waals surface area contributed by atoms with Gasteiger partial charge < -0.3 is 33.4 Å². The summed E-state index contributed by atoms with van der Waals surface area (Å²) in [4.78, 5) is 37.7. The van der Waals surface area contributed by atoms with E-state index in [0.717, 1.165) is 23.5 Å². The largest absolute Gasteiger partial charge is 1.00 e. The van der Waals surface area contributed by atoms with Gasteiger partial charge in [-0.25, -0.2) is 0 Å².